The van der Waals surface area contributed by atoms with Crippen LogP contribution in [0.4, 0.5) is 0 Å². The van der Waals surface area contributed by atoms with E-state index in [-0.39, 0.29) is 18.0 Å². The van der Waals surface area contributed by atoms with Crippen molar-refractivity contribution in [2.75, 3.05) is 26.3 Å². The van der Waals surface area contributed by atoms with Crippen LogP contribution in [-0.4, -0.2) is 63.8 Å². The number of ether oxygens (including phenoxy) is 2. The summed E-state index contributed by atoms with van der Waals surface area (Å²) in [6, 6.07) is 3.47. The Hall–Kier alpha value is -2.48. The lowest BCUT2D eigenvalue weighted by Gasteiger charge is -2.41. The molecule has 4 rings (SSSR count). The van der Waals surface area contributed by atoms with Crippen LogP contribution in [-0.2, 0) is 14.3 Å². The van der Waals surface area contributed by atoms with Crippen molar-refractivity contribution >= 4 is 17.5 Å². The minimum Gasteiger partial charge on any atom is -0.466 e. The number of amides is 1. The van der Waals surface area contributed by atoms with Gasteiger partial charge in [-0.05, 0) is 51.5 Å². The third-order valence-electron chi connectivity index (χ3n) is 6.06. The highest BCUT2D eigenvalue weighted by Crippen LogP contribution is 2.40. The zero-order valence-electron chi connectivity index (χ0n) is 16.9. The molecule has 2 fully saturated rings. The topological polar surface area (TPSA) is 86.0 Å². The van der Waals surface area contributed by atoms with Crippen LogP contribution in [0.25, 0.3) is 5.65 Å². The maximum absolute atomic E-state index is 12.9. The van der Waals surface area contributed by atoms with E-state index in [4.69, 9.17) is 9.47 Å². The van der Waals surface area contributed by atoms with Gasteiger partial charge >= 0.3 is 5.97 Å². The van der Waals surface area contributed by atoms with Crippen molar-refractivity contribution in [2.45, 2.75) is 51.6 Å². The van der Waals surface area contributed by atoms with Gasteiger partial charge in [-0.15, -0.1) is 0 Å². The van der Waals surface area contributed by atoms with E-state index in [0.717, 1.165) is 25.9 Å². The number of esters is 1. The molecule has 8 heteroatoms. The average Bonchev–Trinajstić information content (AvgIpc) is 3.19. The number of likely N-dealkylation sites (tertiary alicyclic amines) is 1. The number of carbonyl (C=O) groups excluding carboxylic acids is 2. The van der Waals surface area contributed by atoms with Crippen molar-refractivity contribution in [3.63, 3.8) is 0 Å². The minimum atomic E-state index is -0.574. The Kier molecular flexibility index (Phi) is 5.80. The zero-order valence-corrected chi connectivity index (χ0v) is 16.9. The van der Waals surface area contributed by atoms with E-state index in [1.807, 2.05) is 6.92 Å². The summed E-state index contributed by atoms with van der Waals surface area (Å²) in [5, 5.41) is 4.33. The van der Waals surface area contributed by atoms with E-state index < -0.39 is 5.41 Å². The number of hydrogen-bond acceptors (Lipinski definition) is 6. The largest absolute Gasteiger partial charge is 0.466 e. The Morgan fingerprint density at radius 1 is 1.31 bits per heavy atom. The molecule has 2 saturated heterocycles. The van der Waals surface area contributed by atoms with Crippen LogP contribution in [0.2, 0.25) is 0 Å². The molecule has 0 aromatic carbocycles. The van der Waals surface area contributed by atoms with Gasteiger partial charge in [0.25, 0.3) is 5.91 Å². The van der Waals surface area contributed by atoms with Crippen LogP contribution in [0.3, 0.4) is 0 Å². The first kappa shape index (κ1) is 19.8. The molecule has 4 heterocycles. The number of fused-ring (bicyclic) bond motifs is 1. The monoisotopic (exact) mass is 400 g/mol. The summed E-state index contributed by atoms with van der Waals surface area (Å²) in [5.41, 5.74) is 0.445. The van der Waals surface area contributed by atoms with E-state index in [1.54, 1.807) is 33.9 Å². The predicted molar refractivity (Wildman–Crippen MR) is 105 cm³/mol. The molecule has 0 aliphatic carbocycles. The number of hydrogen-bond donors (Lipinski definition) is 0. The van der Waals surface area contributed by atoms with Crippen molar-refractivity contribution in [1.82, 2.24) is 19.5 Å². The molecule has 0 radical (unpaired) electrons. The number of carbonyl (C=O) groups is 2. The van der Waals surface area contributed by atoms with Crippen LogP contribution in [0.15, 0.2) is 24.5 Å². The summed E-state index contributed by atoms with van der Waals surface area (Å²) in [6.45, 7) is 3.97. The van der Waals surface area contributed by atoms with Gasteiger partial charge in [0.15, 0.2) is 11.3 Å². The van der Waals surface area contributed by atoms with Crippen LogP contribution in [0.1, 0.15) is 55.9 Å². The van der Waals surface area contributed by atoms with Crippen molar-refractivity contribution < 1.29 is 19.1 Å². The smallest absolute Gasteiger partial charge is 0.312 e. The molecule has 1 unspecified atom stereocenters. The van der Waals surface area contributed by atoms with E-state index in [0.29, 0.717) is 50.3 Å². The fraction of sp³-hybridized carbons (Fsp3) is 0.619. The average molecular weight is 400 g/mol. The normalized spacial score (nSPS) is 21.8. The van der Waals surface area contributed by atoms with Gasteiger partial charge in [0.2, 0.25) is 0 Å². The second-order valence-corrected chi connectivity index (χ2v) is 7.94. The summed E-state index contributed by atoms with van der Waals surface area (Å²) in [5.74, 6) is -0.278. The Balaban J connectivity index is 1.46. The first-order valence-corrected chi connectivity index (χ1v) is 10.5. The van der Waals surface area contributed by atoms with Crippen molar-refractivity contribution in [3.8, 4) is 0 Å². The molecule has 8 nitrogen and oxygen atoms in total. The molecule has 1 atom stereocenters. The number of nitrogens with zero attached hydrogens (tertiary/aromatic N) is 4. The maximum atomic E-state index is 12.9. The lowest BCUT2D eigenvalue weighted by Crippen LogP contribution is -2.49. The summed E-state index contributed by atoms with van der Waals surface area (Å²) in [6.07, 6.45) is 8.59. The van der Waals surface area contributed by atoms with Crippen molar-refractivity contribution in [3.05, 3.63) is 30.2 Å². The number of rotatable bonds is 5. The van der Waals surface area contributed by atoms with Crippen LogP contribution < -0.4 is 0 Å². The van der Waals surface area contributed by atoms with Gasteiger partial charge in [0, 0.05) is 38.2 Å². The fourth-order valence-electron chi connectivity index (χ4n) is 4.41. The highest BCUT2D eigenvalue weighted by atomic mass is 16.5. The van der Waals surface area contributed by atoms with Crippen molar-refractivity contribution in [2.24, 2.45) is 5.41 Å². The van der Waals surface area contributed by atoms with Gasteiger partial charge in [0.05, 0.1) is 18.1 Å². The Labute approximate surface area is 170 Å². The molecule has 0 N–H and O–H groups in total. The SMILES string of the molecule is CCOC(=O)C1(CC2CCCCO2)CCN(C(=O)c2cc3ncccn3n2)CC1. The van der Waals surface area contributed by atoms with E-state index in [1.165, 1.54) is 0 Å². The lowest BCUT2D eigenvalue weighted by molar-refractivity contribution is -0.162. The summed E-state index contributed by atoms with van der Waals surface area (Å²) < 4.78 is 12.9. The molecule has 29 heavy (non-hydrogen) atoms. The highest BCUT2D eigenvalue weighted by molar-refractivity contribution is 5.93. The van der Waals surface area contributed by atoms with E-state index in [2.05, 4.69) is 10.1 Å². The molecular weight excluding hydrogens is 372 g/mol. The molecule has 2 aromatic rings. The van der Waals surface area contributed by atoms with E-state index >= 15 is 0 Å². The molecule has 1 amide bonds. The zero-order chi connectivity index (χ0) is 20.3. The fourth-order valence-corrected chi connectivity index (χ4v) is 4.41. The van der Waals surface area contributed by atoms with Gasteiger partial charge < -0.3 is 14.4 Å². The highest BCUT2D eigenvalue weighted by Gasteiger charge is 2.45. The minimum absolute atomic E-state index is 0.0971. The summed E-state index contributed by atoms with van der Waals surface area (Å²) >= 11 is 0. The lowest BCUT2D eigenvalue weighted by atomic mass is 9.73. The third kappa shape index (κ3) is 4.12. The molecule has 156 valence electrons. The molecule has 2 aromatic heterocycles. The maximum Gasteiger partial charge on any atom is 0.312 e. The van der Waals surface area contributed by atoms with Gasteiger partial charge in [-0.1, -0.05) is 0 Å². The van der Waals surface area contributed by atoms with Gasteiger partial charge in [-0.2, -0.15) is 5.10 Å². The third-order valence-corrected chi connectivity index (χ3v) is 6.06. The summed E-state index contributed by atoms with van der Waals surface area (Å²) in [7, 11) is 0. The molecule has 0 spiro atoms. The summed E-state index contributed by atoms with van der Waals surface area (Å²) in [4.78, 5) is 31.8. The van der Waals surface area contributed by atoms with Gasteiger partial charge in [-0.3, -0.25) is 9.59 Å². The van der Waals surface area contributed by atoms with Gasteiger partial charge in [0.1, 0.15) is 0 Å². The van der Waals surface area contributed by atoms with Crippen LogP contribution >= 0.6 is 0 Å². The van der Waals surface area contributed by atoms with Gasteiger partial charge in [-0.25, -0.2) is 9.50 Å². The second kappa shape index (κ2) is 8.49. The molecule has 2 aliphatic heterocycles. The quantitative estimate of drug-likeness (QED) is 0.717. The predicted octanol–water partition coefficient (Wildman–Crippen LogP) is 2.47. The first-order valence-electron chi connectivity index (χ1n) is 10.5. The second-order valence-electron chi connectivity index (χ2n) is 7.94. The van der Waals surface area contributed by atoms with Crippen LogP contribution in [0, 0.1) is 5.41 Å². The van der Waals surface area contributed by atoms with Crippen LogP contribution in [0.5, 0.6) is 0 Å². The van der Waals surface area contributed by atoms with E-state index in [9.17, 15) is 9.59 Å². The Morgan fingerprint density at radius 2 is 2.14 bits per heavy atom. The molecule has 2 aliphatic rings. The standard InChI is InChI=1S/C21H28N4O4/c1-2-28-20(27)21(15-16-6-3-4-13-29-16)7-11-24(12-8-21)19(26)17-14-18-22-9-5-10-25(18)23-17/h5,9-10,14,16H,2-4,6-8,11-13,15H2,1H3. The number of piperidine rings is 1. The molecule has 0 bridgehead atoms. The number of aromatic nitrogens is 3. The molecule has 0 saturated carbocycles. The Morgan fingerprint density at radius 3 is 2.83 bits per heavy atom. The first-order chi connectivity index (χ1) is 14.1. The Bertz CT molecular complexity index is 833. The molecular formula is C21H28N4O4. The van der Waals surface area contributed by atoms with Crippen molar-refractivity contribution in [1.29, 1.82) is 0 Å².